The van der Waals surface area contributed by atoms with Crippen LogP contribution in [0.3, 0.4) is 0 Å². The zero-order valence-corrected chi connectivity index (χ0v) is 11.5. The van der Waals surface area contributed by atoms with E-state index in [1.165, 1.54) is 11.1 Å². The second-order valence-corrected chi connectivity index (χ2v) is 4.33. The molecule has 3 nitrogen and oxygen atoms in total. The number of benzene rings is 1. The minimum Gasteiger partial charge on any atom is -0.397 e. The van der Waals surface area contributed by atoms with Gasteiger partial charge in [-0.2, -0.15) is 0 Å². The lowest BCUT2D eigenvalue weighted by molar-refractivity contribution is 0.744. The van der Waals surface area contributed by atoms with Crippen LogP contribution in [0.5, 0.6) is 0 Å². The van der Waals surface area contributed by atoms with Crippen LogP contribution in [0.2, 0.25) is 0 Å². The quantitative estimate of drug-likeness (QED) is 0.552. The summed E-state index contributed by atoms with van der Waals surface area (Å²) in [6.07, 6.45) is 6.24. The Hall–Kier alpha value is -1.74. The van der Waals surface area contributed by atoms with E-state index in [1.807, 2.05) is 32.1 Å². The van der Waals surface area contributed by atoms with Gasteiger partial charge in [0.15, 0.2) is 0 Å². The molecule has 0 saturated heterocycles. The molecule has 0 saturated carbocycles. The average Bonchev–Trinajstić information content (AvgIpc) is 2.37. The molecule has 1 aromatic rings. The van der Waals surface area contributed by atoms with E-state index >= 15 is 0 Å². The second kappa shape index (κ2) is 6.87. The first kappa shape index (κ1) is 14.3. The molecule has 0 aliphatic heterocycles. The molecule has 0 aliphatic carbocycles. The van der Waals surface area contributed by atoms with E-state index in [9.17, 15) is 0 Å². The summed E-state index contributed by atoms with van der Waals surface area (Å²) in [5.74, 6) is 0. The van der Waals surface area contributed by atoms with Crippen molar-refractivity contribution in [3.8, 4) is 0 Å². The predicted molar refractivity (Wildman–Crippen MR) is 80.3 cm³/mol. The maximum atomic E-state index is 6.00. The molecule has 0 aliphatic rings. The maximum Gasteiger partial charge on any atom is 0.0596 e. The van der Waals surface area contributed by atoms with Gasteiger partial charge in [-0.25, -0.2) is 0 Å². The van der Waals surface area contributed by atoms with Gasteiger partial charge in [-0.15, -0.1) is 0 Å². The fourth-order valence-electron chi connectivity index (χ4n) is 1.83. The Labute approximate surface area is 110 Å². The number of nitrogens with one attached hydrogen (secondary N) is 1. The number of anilines is 2. The molecular formula is C15H23N3. The van der Waals surface area contributed by atoms with Crippen LogP contribution in [0.15, 0.2) is 35.9 Å². The fourth-order valence-corrected chi connectivity index (χ4v) is 1.83. The Morgan fingerprint density at radius 2 is 2.00 bits per heavy atom. The van der Waals surface area contributed by atoms with E-state index in [0.29, 0.717) is 11.4 Å². The summed E-state index contributed by atoms with van der Waals surface area (Å²) in [5, 5.41) is 3.39. The molecule has 18 heavy (non-hydrogen) atoms. The first-order valence-electron chi connectivity index (χ1n) is 6.22. The average molecular weight is 245 g/mol. The standard InChI is InChI=1S/C15H23N3/c1-4-6-12(5-2)9-18-10-13-11(3)7-8-14(16)15(13)17/h4-8,18H,9-10,16-17H2,1-3H3/b6-4-,12-5+. The lowest BCUT2D eigenvalue weighted by Gasteiger charge is -2.13. The van der Waals surface area contributed by atoms with Crippen molar-refractivity contribution in [3.05, 3.63) is 47.1 Å². The van der Waals surface area contributed by atoms with Gasteiger partial charge in [0.05, 0.1) is 11.4 Å². The van der Waals surface area contributed by atoms with Crippen LogP contribution in [0.4, 0.5) is 11.4 Å². The molecule has 0 aromatic heterocycles. The van der Waals surface area contributed by atoms with Crippen molar-refractivity contribution in [2.75, 3.05) is 18.0 Å². The highest BCUT2D eigenvalue weighted by molar-refractivity contribution is 5.69. The molecule has 0 unspecified atom stereocenters. The third-order valence-corrected chi connectivity index (χ3v) is 3.01. The van der Waals surface area contributed by atoms with Gasteiger partial charge in [0.2, 0.25) is 0 Å². The second-order valence-electron chi connectivity index (χ2n) is 4.33. The molecule has 0 atom stereocenters. The summed E-state index contributed by atoms with van der Waals surface area (Å²) in [7, 11) is 0. The monoisotopic (exact) mass is 245 g/mol. The number of nitrogens with two attached hydrogens (primary N) is 2. The number of rotatable bonds is 5. The van der Waals surface area contributed by atoms with Crippen molar-refractivity contribution in [3.63, 3.8) is 0 Å². The molecule has 1 rings (SSSR count). The first-order chi connectivity index (χ1) is 8.60. The summed E-state index contributed by atoms with van der Waals surface area (Å²) in [5.41, 5.74) is 16.7. The van der Waals surface area contributed by atoms with Gasteiger partial charge >= 0.3 is 0 Å². The van der Waals surface area contributed by atoms with Crippen LogP contribution in [0, 0.1) is 6.92 Å². The number of nitrogen functional groups attached to an aromatic ring is 2. The smallest absolute Gasteiger partial charge is 0.0596 e. The third kappa shape index (κ3) is 3.64. The van der Waals surface area contributed by atoms with Crippen LogP contribution in [-0.2, 0) is 6.54 Å². The van der Waals surface area contributed by atoms with Crippen LogP contribution in [-0.4, -0.2) is 6.54 Å². The minimum absolute atomic E-state index is 0.650. The predicted octanol–water partition coefficient (Wildman–Crippen LogP) is 2.77. The van der Waals surface area contributed by atoms with Crippen molar-refractivity contribution in [2.24, 2.45) is 0 Å². The molecule has 98 valence electrons. The van der Waals surface area contributed by atoms with Gasteiger partial charge < -0.3 is 16.8 Å². The van der Waals surface area contributed by atoms with E-state index in [0.717, 1.165) is 18.7 Å². The molecule has 5 N–H and O–H groups in total. The van der Waals surface area contributed by atoms with Crippen molar-refractivity contribution >= 4 is 11.4 Å². The zero-order chi connectivity index (χ0) is 13.5. The van der Waals surface area contributed by atoms with E-state index in [1.54, 1.807) is 0 Å². The molecule has 0 amide bonds. The number of aryl methyl sites for hydroxylation is 1. The van der Waals surface area contributed by atoms with E-state index in [4.69, 9.17) is 11.5 Å². The molecule has 0 bridgehead atoms. The SMILES string of the molecule is C/C=C\C(=C/C)CNCc1c(C)ccc(N)c1N. The fraction of sp³-hybridized carbons (Fsp3) is 0.333. The molecule has 1 aromatic carbocycles. The van der Waals surface area contributed by atoms with E-state index in [-0.39, 0.29) is 0 Å². The van der Waals surface area contributed by atoms with Crippen molar-refractivity contribution in [1.82, 2.24) is 5.32 Å². The minimum atomic E-state index is 0.650. The Morgan fingerprint density at radius 1 is 1.28 bits per heavy atom. The summed E-state index contributed by atoms with van der Waals surface area (Å²) in [6.45, 7) is 7.67. The van der Waals surface area contributed by atoms with Crippen LogP contribution in [0.25, 0.3) is 0 Å². The number of hydrogen-bond donors (Lipinski definition) is 3. The normalized spacial score (nSPS) is 12.3. The Balaban J connectivity index is 2.67. The molecular weight excluding hydrogens is 222 g/mol. The van der Waals surface area contributed by atoms with E-state index < -0.39 is 0 Å². The van der Waals surface area contributed by atoms with Gasteiger partial charge in [-0.3, -0.25) is 0 Å². The van der Waals surface area contributed by atoms with Crippen LogP contribution < -0.4 is 16.8 Å². The van der Waals surface area contributed by atoms with Gasteiger partial charge in [0.1, 0.15) is 0 Å². The lowest BCUT2D eigenvalue weighted by Crippen LogP contribution is -2.18. The Bertz CT molecular complexity index is 459. The summed E-state index contributed by atoms with van der Waals surface area (Å²) in [4.78, 5) is 0. The summed E-state index contributed by atoms with van der Waals surface area (Å²) in [6, 6.07) is 3.86. The third-order valence-electron chi connectivity index (χ3n) is 3.01. The summed E-state index contributed by atoms with van der Waals surface area (Å²) < 4.78 is 0. The first-order valence-corrected chi connectivity index (χ1v) is 6.22. The van der Waals surface area contributed by atoms with Crippen molar-refractivity contribution in [2.45, 2.75) is 27.3 Å². The van der Waals surface area contributed by atoms with Crippen molar-refractivity contribution in [1.29, 1.82) is 0 Å². The zero-order valence-electron chi connectivity index (χ0n) is 11.5. The molecule has 0 heterocycles. The topological polar surface area (TPSA) is 64.1 Å². The Kier molecular flexibility index (Phi) is 5.46. The molecule has 0 fully saturated rings. The van der Waals surface area contributed by atoms with Gasteiger partial charge in [-0.1, -0.05) is 24.3 Å². The largest absolute Gasteiger partial charge is 0.397 e. The lowest BCUT2D eigenvalue weighted by atomic mass is 10.1. The highest BCUT2D eigenvalue weighted by Crippen LogP contribution is 2.23. The number of hydrogen-bond acceptors (Lipinski definition) is 3. The summed E-state index contributed by atoms with van der Waals surface area (Å²) >= 11 is 0. The maximum absolute atomic E-state index is 6.00. The highest BCUT2D eigenvalue weighted by atomic mass is 14.9. The molecule has 0 spiro atoms. The highest BCUT2D eigenvalue weighted by Gasteiger charge is 2.05. The van der Waals surface area contributed by atoms with Crippen LogP contribution in [0.1, 0.15) is 25.0 Å². The van der Waals surface area contributed by atoms with Gasteiger partial charge in [0.25, 0.3) is 0 Å². The molecule has 3 heteroatoms. The van der Waals surface area contributed by atoms with Gasteiger partial charge in [0, 0.05) is 13.1 Å². The van der Waals surface area contributed by atoms with Crippen molar-refractivity contribution < 1.29 is 0 Å². The molecule has 0 radical (unpaired) electrons. The number of allylic oxidation sites excluding steroid dienone is 2. The van der Waals surface area contributed by atoms with Gasteiger partial charge in [-0.05, 0) is 43.5 Å². The van der Waals surface area contributed by atoms with E-state index in [2.05, 4.69) is 24.4 Å². The Morgan fingerprint density at radius 3 is 2.61 bits per heavy atom. The van der Waals surface area contributed by atoms with Crippen LogP contribution >= 0.6 is 0 Å².